The highest BCUT2D eigenvalue weighted by atomic mass is 16.3. The number of nitrogens with zero attached hydrogens (tertiary/aromatic N) is 3. The summed E-state index contributed by atoms with van der Waals surface area (Å²) >= 11 is 0. The summed E-state index contributed by atoms with van der Waals surface area (Å²) in [6.07, 6.45) is 2.84. The van der Waals surface area contributed by atoms with Crippen LogP contribution in [0.15, 0.2) is 164 Å². The Balaban J connectivity index is 0.976. The minimum Gasteiger partial charge on any atom is -0.455 e. The minimum absolute atomic E-state index is 0.215. The van der Waals surface area contributed by atoms with Crippen molar-refractivity contribution in [2.24, 2.45) is 9.98 Å². The van der Waals surface area contributed by atoms with Gasteiger partial charge in [-0.05, 0) is 109 Å². The molecule has 5 nitrogen and oxygen atoms in total. The lowest BCUT2D eigenvalue weighted by Gasteiger charge is -2.31. The monoisotopic (exact) mass is 853 g/mol. The number of furan rings is 2. The molecule has 5 heteroatoms. The van der Waals surface area contributed by atoms with Crippen LogP contribution in [-0.2, 0) is 16.2 Å². The van der Waals surface area contributed by atoms with E-state index >= 15 is 0 Å². The summed E-state index contributed by atoms with van der Waals surface area (Å²) in [4.78, 5) is 12.4. The Hall–Kier alpha value is -7.50. The van der Waals surface area contributed by atoms with Gasteiger partial charge in [-0.3, -0.25) is 9.89 Å². The maximum atomic E-state index is 7.01. The van der Waals surface area contributed by atoms with Crippen molar-refractivity contribution in [1.82, 2.24) is 0 Å². The topological polar surface area (TPSA) is 54.2 Å². The Labute approximate surface area is 383 Å². The van der Waals surface area contributed by atoms with Crippen molar-refractivity contribution in [3.05, 3.63) is 179 Å². The lowest BCUT2D eigenvalue weighted by Crippen LogP contribution is -2.28. The molecule has 0 spiro atoms. The zero-order valence-corrected chi connectivity index (χ0v) is 38.0. The van der Waals surface area contributed by atoms with E-state index in [1.807, 2.05) is 6.21 Å². The van der Waals surface area contributed by atoms with Gasteiger partial charge in [0.25, 0.3) is 0 Å². The van der Waals surface area contributed by atoms with Crippen LogP contribution < -0.4 is 4.90 Å². The van der Waals surface area contributed by atoms with E-state index in [-0.39, 0.29) is 16.2 Å². The Morgan fingerprint density at radius 1 is 0.470 bits per heavy atom. The molecule has 0 N–H and O–H groups in total. The maximum Gasteiger partial charge on any atom is 0.229 e. The molecule has 0 fully saturated rings. The predicted molar refractivity (Wildman–Crippen MR) is 273 cm³/mol. The van der Waals surface area contributed by atoms with E-state index in [1.54, 1.807) is 0 Å². The molecule has 0 unspecified atom stereocenters. The van der Waals surface area contributed by atoms with Crippen LogP contribution in [0, 0.1) is 0 Å². The van der Waals surface area contributed by atoms with Gasteiger partial charge in [-0.2, -0.15) is 0 Å². The normalized spacial score (nSPS) is 16.6. The standard InChI is InChI=1S/C61H47N3O2/c1-59(2)44-31-35(25-27-38(44)49-46(59)33-42(34-17-8-7-9-18-34)56-51(49)40-20-11-14-23-47(40)65-56)64(58-62-29-16-30-63-58)36-26-28-39-45(32-36)61(5,6)55-53(39)57-52(41-21-12-15-24-48(41)66-57)50-37-19-10-13-22-43(37)60(3,4)54(50)55/h7-15,17-29,31-33H,16,30H2,1-6H3. The van der Waals surface area contributed by atoms with Gasteiger partial charge in [-0.1, -0.05) is 145 Å². The van der Waals surface area contributed by atoms with Crippen LogP contribution in [0.25, 0.3) is 88.4 Å². The predicted octanol–water partition coefficient (Wildman–Crippen LogP) is 16.0. The lowest BCUT2D eigenvalue weighted by atomic mass is 9.72. The molecule has 0 saturated carbocycles. The largest absolute Gasteiger partial charge is 0.455 e. The van der Waals surface area contributed by atoms with Gasteiger partial charge in [0.2, 0.25) is 5.96 Å². The molecular formula is C61H47N3O2. The average Bonchev–Trinajstić information content (AvgIpc) is 4.09. The number of hydrogen-bond acceptors (Lipinski definition) is 5. The van der Waals surface area contributed by atoms with Crippen molar-refractivity contribution in [3.63, 3.8) is 0 Å². The number of rotatable bonds is 3. The SMILES string of the molecule is CC1(C)c2cc(N(C3=NCCC=N3)c3ccc4c(c3)C(C)(C)c3c5c(c6c(oc7ccccc76)c3-4)-c3ccccc3C5(C)C)ccc2-c2c1cc(-c1ccccc1)c1oc3ccccc3c21. The number of aliphatic imine (C=N–C) groups is 2. The molecular weight excluding hydrogens is 807 g/mol. The van der Waals surface area contributed by atoms with Crippen molar-refractivity contribution in [1.29, 1.82) is 0 Å². The molecule has 1 aliphatic heterocycles. The first-order valence-corrected chi connectivity index (χ1v) is 23.4. The Kier molecular flexibility index (Phi) is 7.37. The minimum atomic E-state index is -0.350. The van der Waals surface area contributed by atoms with Crippen LogP contribution in [0.5, 0.6) is 0 Å². The van der Waals surface area contributed by atoms with Gasteiger partial charge < -0.3 is 8.83 Å². The highest BCUT2D eigenvalue weighted by Gasteiger charge is 2.49. The Morgan fingerprint density at radius 3 is 1.73 bits per heavy atom. The molecule has 8 aromatic carbocycles. The molecule has 0 atom stereocenters. The summed E-state index contributed by atoms with van der Waals surface area (Å²) in [6.45, 7) is 15.1. The summed E-state index contributed by atoms with van der Waals surface area (Å²) in [5, 5.41) is 4.70. The van der Waals surface area contributed by atoms with Gasteiger partial charge in [-0.25, -0.2) is 4.99 Å². The third-order valence-corrected chi connectivity index (χ3v) is 15.7. The van der Waals surface area contributed by atoms with Gasteiger partial charge in [0.1, 0.15) is 22.3 Å². The molecule has 318 valence electrons. The van der Waals surface area contributed by atoms with Gasteiger partial charge in [0.05, 0.1) is 0 Å². The van der Waals surface area contributed by atoms with Crippen molar-refractivity contribution in [3.8, 4) is 44.5 Å². The second kappa shape index (κ2) is 12.9. The lowest BCUT2D eigenvalue weighted by molar-refractivity contribution is 0.600. The number of para-hydroxylation sites is 2. The molecule has 0 saturated heterocycles. The fourth-order valence-electron chi connectivity index (χ4n) is 12.6. The summed E-state index contributed by atoms with van der Waals surface area (Å²) < 4.78 is 13.8. The van der Waals surface area contributed by atoms with E-state index in [0.717, 1.165) is 56.6 Å². The Bertz CT molecular complexity index is 3860. The van der Waals surface area contributed by atoms with Crippen LogP contribution in [0.1, 0.15) is 81.3 Å². The smallest absolute Gasteiger partial charge is 0.229 e. The van der Waals surface area contributed by atoms with Crippen molar-refractivity contribution in [2.75, 3.05) is 11.4 Å². The molecule has 3 heterocycles. The first-order chi connectivity index (χ1) is 32.0. The van der Waals surface area contributed by atoms with E-state index in [9.17, 15) is 0 Å². The van der Waals surface area contributed by atoms with Crippen molar-refractivity contribution >= 4 is 67.4 Å². The van der Waals surface area contributed by atoms with E-state index in [1.165, 1.54) is 82.9 Å². The van der Waals surface area contributed by atoms with E-state index < -0.39 is 0 Å². The first-order valence-electron chi connectivity index (χ1n) is 23.4. The molecule has 0 bridgehead atoms. The number of anilines is 2. The summed E-state index contributed by atoms with van der Waals surface area (Å²) in [6, 6.07) is 53.1. The molecule has 4 aliphatic rings. The molecule has 2 aromatic heterocycles. The van der Waals surface area contributed by atoms with Gasteiger partial charge in [0, 0.05) is 79.5 Å². The highest BCUT2D eigenvalue weighted by Crippen LogP contribution is 2.64. The number of benzene rings is 8. The van der Waals surface area contributed by atoms with Crippen molar-refractivity contribution < 1.29 is 8.83 Å². The van der Waals surface area contributed by atoms with Crippen LogP contribution in [0.3, 0.4) is 0 Å². The van der Waals surface area contributed by atoms with Crippen LogP contribution in [0.2, 0.25) is 0 Å². The number of hydrogen-bond donors (Lipinski definition) is 0. The molecule has 0 amide bonds. The van der Waals surface area contributed by atoms with Gasteiger partial charge in [0.15, 0.2) is 0 Å². The average molecular weight is 854 g/mol. The van der Waals surface area contributed by atoms with Gasteiger partial charge >= 0.3 is 0 Å². The van der Waals surface area contributed by atoms with Crippen LogP contribution in [-0.4, -0.2) is 18.7 Å². The van der Waals surface area contributed by atoms with E-state index in [2.05, 4.69) is 192 Å². The van der Waals surface area contributed by atoms with E-state index in [4.69, 9.17) is 18.8 Å². The number of guanidine groups is 1. The third kappa shape index (κ3) is 4.75. The Morgan fingerprint density at radius 2 is 1.03 bits per heavy atom. The molecule has 10 aromatic rings. The second-order valence-corrected chi connectivity index (χ2v) is 20.3. The molecule has 66 heavy (non-hydrogen) atoms. The van der Waals surface area contributed by atoms with Crippen LogP contribution >= 0.6 is 0 Å². The van der Waals surface area contributed by atoms with Crippen molar-refractivity contribution in [2.45, 2.75) is 64.2 Å². The van der Waals surface area contributed by atoms with E-state index in [0.29, 0.717) is 12.5 Å². The second-order valence-electron chi connectivity index (χ2n) is 20.3. The van der Waals surface area contributed by atoms with Crippen LogP contribution in [0.4, 0.5) is 11.4 Å². The summed E-state index contributed by atoms with van der Waals surface area (Å²) in [5.41, 5.74) is 22.8. The highest BCUT2D eigenvalue weighted by molar-refractivity contribution is 6.22. The van der Waals surface area contributed by atoms with Gasteiger partial charge in [-0.15, -0.1) is 0 Å². The zero-order valence-electron chi connectivity index (χ0n) is 38.0. The molecule has 14 rings (SSSR count). The first kappa shape index (κ1) is 37.8. The fraction of sp³-hybridized carbons (Fsp3) is 0.180. The maximum absolute atomic E-state index is 7.01. The number of fused-ring (bicyclic) bond motifs is 19. The third-order valence-electron chi connectivity index (χ3n) is 15.7. The zero-order chi connectivity index (χ0) is 44.4. The molecule has 3 aliphatic carbocycles. The fourth-order valence-corrected chi connectivity index (χ4v) is 12.6. The summed E-state index contributed by atoms with van der Waals surface area (Å²) in [7, 11) is 0. The summed E-state index contributed by atoms with van der Waals surface area (Å²) in [5.74, 6) is 0.703. The quantitative estimate of drug-likeness (QED) is 0.178. The molecule has 0 radical (unpaired) electrons.